The van der Waals surface area contributed by atoms with E-state index in [0.29, 0.717) is 0 Å². The zero-order chi connectivity index (χ0) is 15.0. The van der Waals surface area contributed by atoms with Gasteiger partial charge < -0.3 is 15.0 Å². The molecule has 0 bridgehead atoms. The fraction of sp³-hybridized carbons (Fsp3) is 0.533. The fourth-order valence-corrected chi connectivity index (χ4v) is 1.97. The summed E-state index contributed by atoms with van der Waals surface area (Å²) in [6.45, 7) is 10.1. The number of nitrogens with two attached hydrogens (primary N) is 1. The molecule has 1 aromatic rings. The average Bonchev–Trinajstić information content (AvgIpc) is 2.56. The molecule has 20 heavy (non-hydrogen) atoms. The highest BCUT2D eigenvalue weighted by molar-refractivity contribution is 6.52. The van der Waals surface area contributed by atoms with Crippen LogP contribution < -0.4 is 5.73 Å². The maximum atomic E-state index is 5.91. The largest absolute Gasteiger partial charge is 0.487 e. The molecule has 0 aromatic carbocycles. The van der Waals surface area contributed by atoms with Crippen LogP contribution >= 0.6 is 0 Å². The van der Waals surface area contributed by atoms with Gasteiger partial charge in [-0.3, -0.25) is 4.98 Å². The molecule has 0 amide bonds. The fourth-order valence-electron chi connectivity index (χ4n) is 1.97. The van der Waals surface area contributed by atoms with Crippen LogP contribution in [0.15, 0.2) is 24.4 Å². The summed E-state index contributed by atoms with van der Waals surface area (Å²) in [5.74, 6) is 1.92. The molecule has 1 aliphatic heterocycles. The first-order valence-corrected chi connectivity index (χ1v) is 6.96. The number of hydrogen-bond acceptors (Lipinski definition) is 4. The maximum Gasteiger partial charge on any atom is 0.487 e. The molecule has 108 valence electrons. The van der Waals surface area contributed by atoms with Gasteiger partial charge in [0, 0.05) is 18.4 Å². The molecule has 2 N–H and O–H groups in total. The molecule has 0 saturated carbocycles. The van der Waals surface area contributed by atoms with Crippen LogP contribution in [0, 0.1) is 0 Å². The second-order valence-electron chi connectivity index (χ2n) is 6.32. The Bertz CT molecular complexity index is 496. The third kappa shape index (κ3) is 3.11. The van der Waals surface area contributed by atoms with E-state index in [9.17, 15) is 0 Å². The first kappa shape index (κ1) is 15.2. The van der Waals surface area contributed by atoms with Gasteiger partial charge in [0.1, 0.15) is 0 Å². The van der Waals surface area contributed by atoms with Crippen LogP contribution in [0.5, 0.6) is 0 Å². The van der Waals surface area contributed by atoms with Gasteiger partial charge in [0.05, 0.1) is 11.2 Å². The Morgan fingerprint density at radius 3 is 2.35 bits per heavy atom. The Morgan fingerprint density at radius 1 is 1.20 bits per heavy atom. The Labute approximate surface area is 121 Å². The van der Waals surface area contributed by atoms with Crippen molar-refractivity contribution in [3.8, 4) is 0 Å². The van der Waals surface area contributed by atoms with E-state index in [1.54, 1.807) is 12.4 Å². The summed E-state index contributed by atoms with van der Waals surface area (Å²) in [5.41, 5.74) is 7.25. The number of rotatable bonds is 3. The minimum absolute atomic E-state index is 0.0207. The molecule has 0 aliphatic carbocycles. The van der Waals surface area contributed by atoms with Crippen molar-refractivity contribution in [3.05, 3.63) is 35.6 Å². The molecule has 4 nitrogen and oxygen atoms in total. The average molecular weight is 274 g/mol. The molecule has 1 atom stereocenters. The van der Waals surface area contributed by atoms with Gasteiger partial charge in [0.2, 0.25) is 0 Å². The highest BCUT2D eigenvalue weighted by Crippen LogP contribution is 2.37. The van der Waals surface area contributed by atoms with Gasteiger partial charge in [-0.2, -0.15) is 0 Å². The van der Waals surface area contributed by atoms with E-state index in [4.69, 9.17) is 15.0 Å². The van der Waals surface area contributed by atoms with Crippen LogP contribution in [-0.4, -0.2) is 23.3 Å². The molecule has 2 rings (SSSR count). The van der Waals surface area contributed by atoms with Crippen molar-refractivity contribution in [2.24, 2.45) is 5.73 Å². The van der Waals surface area contributed by atoms with E-state index in [-0.39, 0.29) is 24.4 Å². The summed E-state index contributed by atoms with van der Waals surface area (Å²) in [4.78, 5) is 4.20. The highest BCUT2D eigenvalue weighted by atomic mass is 16.7. The van der Waals surface area contributed by atoms with Crippen molar-refractivity contribution in [3.63, 3.8) is 0 Å². The third-order valence-corrected chi connectivity index (χ3v) is 4.02. The molecule has 1 aliphatic rings. The topological polar surface area (TPSA) is 57.4 Å². The highest BCUT2D eigenvalue weighted by Gasteiger charge is 2.49. The summed E-state index contributed by atoms with van der Waals surface area (Å²) < 4.78 is 11.8. The molecule has 1 aromatic heterocycles. The molecular formula is C15H23BN2O2. The van der Waals surface area contributed by atoms with Crippen molar-refractivity contribution in [2.75, 3.05) is 0 Å². The number of hydrogen-bond donors (Lipinski definition) is 1. The minimum Gasteiger partial charge on any atom is -0.400 e. The lowest BCUT2D eigenvalue weighted by Gasteiger charge is -2.32. The Morgan fingerprint density at radius 2 is 1.80 bits per heavy atom. The first-order valence-electron chi connectivity index (χ1n) is 6.96. The van der Waals surface area contributed by atoms with E-state index in [0.717, 1.165) is 11.1 Å². The maximum absolute atomic E-state index is 5.91. The van der Waals surface area contributed by atoms with Crippen molar-refractivity contribution in [2.45, 2.75) is 51.9 Å². The van der Waals surface area contributed by atoms with Gasteiger partial charge in [-0.15, -0.1) is 0 Å². The van der Waals surface area contributed by atoms with Gasteiger partial charge in [-0.1, -0.05) is 12.1 Å². The van der Waals surface area contributed by atoms with Crippen molar-refractivity contribution in [1.82, 2.24) is 4.98 Å². The number of nitrogens with zero attached hydrogens (tertiary/aromatic N) is 1. The lowest BCUT2D eigenvalue weighted by atomic mass is 9.89. The third-order valence-electron chi connectivity index (χ3n) is 4.02. The summed E-state index contributed by atoms with van der Waals surface area (Å²) in [5, 5.41) is 0. The quantitative estimate of drug-likeness (QED) is 0.861. The Kier molecular flexibility index (Phi) is 4.05. The molecule has 1 unspecified atom stereocenters. The summed E-state index contributed by atoms with van der Waals surface area (Å²) in [6, 6.07) is 2.01. The van der Waals surface area contributed by atoms with Crippen LogP contribution in [-0.2, 0) is 9.31 Å². The van der Waals surface area contributed by atoms with Crippen LogP contribution in [0.2, 0.25) is 0 Å². The van der Waals surface area contributed by atoms with Gasteiger partial charge in [-0.25, -0.2) is 0 Å². The molecule has 1 fully saturated rings. The summed E-state index contributed by atoms with van der Waals surface area (Å²) in [7, 11) is -0.334. The summed E-state index contributed by atoms with van der Waals surface area (Å²) in [6.07, 6.45) is 5.55. The standard InChI is InChI=1S/C15H23BN2O2/c1-11(17)13-8-12(9-18-10-13)6-7-16-19-14(2,3)15(4,5)20-16/h6-11H,17H2,1-5H3/b7-6+. The second kappa shape index (κ2) is 5.32. The Balaban J connectivity index is 2.10. The van der Waals surface area contributed by atoms with Gasteiger partial charge in [0.15, 0.2) is 0 Å². The van der Waals surface area contributed by atoms with E-state index in [2.05, 4.69) is 4.98 Å². The number of pyridine rings is 1. The van der Waals surface area contributed by atoms with E-state index in [1.165, 1.54) is 0 Å². The minimum atomic E-state index is -0.334. The van der Waals surface area contributed by atoms with Crippen molar-refractivity contribution >= 4 is 13.2 Å². The predicted molar refractivity (Wildman–Crippen MR) is 82.0 cm³/mol. The molecule has 2 heterocycles. The molecule has 5 heteroatoms. The first-order chi connectivity index (χ1) is 9.21. The zero-order valence-corrected chi connectivity index (χ0v) is 12.9. The van der Waals surface area contributed by atoms with Gasteiger partial charge in [0.25, 0.3) is 0 Å². The SMILES string of the molecule is CC(N)c1cncc(/C=C/B2OC(C)(C)C(C)(C)O2)c1. The van der Waals surface area contributed by atoms with Gasteiger partial charge in [-0.05, 0) is 51.8 Å². The smallest absolute Gasteiger partial charge is 0.400 e. The number of aromatic nitrogens is 1. The van der Waals surface area contributed by atoms with Gasteiger partial charge >= 0.3 is 7.12 Å². The van der Waals surface area contributed by atoms with Crippen molar-refractivity contribution < 1.29 is 9.31 Å². The summed E-state index contributed by atoms with van der Waals surface area (Å²) >= 11 is 0. The van der Waals surface area contributed by atoms with E-state index < -0.39 is 0 Å². The molecule has 0 spiro atoms. The molecule has 0 radical (unpaired) electrons. The monoisotopic (exact) mass is 274 g/mol. The van der Waals surface area contributed by atoms with Crippen LogP contribution in [0.25, 0.3) is 6.08 Å². The Hall–Kier alpha value is -1.17. The lowest BCUT2D eigenvalue weighted by molar-refractivity contribution is 0.00578. The zero-order valence-electron chi connectivity index (χ0n) is 12.9. The molecular weight excluding hydrogens is 251 g/mol. The van der Waals surface area contributed by atoms with Crippen LogP contribution in [0.3, 0.4) is 0 Å². The van der Waals surface area contributed by atoms with Crippen molar-refractivity contribution in [1.29, 1.82) is 0 Å². The van der Waals surface area contributed by atoms with E-state index >= 15 is 0 Å². The molecule has 1 saturated heterocycles. The second-order valence-corrected chi connectivity index (χ2v) is 6.32. The predicted octanol–water partition coefficient (Wildman–Crippen LogP) is 2.75. The van der Waals surface area contributed by atoms with E-state index in [1.807, 2.05) is 52.7 Å². The van der Waals surface area contributed by atoms with Crippen LogP contribution in [0.1, 0.15) is 51.8 Å². The normalized spacial score (nSPS) is 22.4. The van der Waals surface area contributed by atoms with Crippen LogP contribution in [0.4, 0.5) is 0 Å². The lowest BCUT2D eigenvalue weighted by Crippen LogP contribution is -2.41.